The van der Waals surface area contributed by atoms with E-state index in [2.05, 4.69) is 0 Å². The maximum absolute atomic E-state index is 11.7. The fourth-order valence-corrected chi connectivity index (χ4v) is 1.21. The predicted octanol–water partition coefficient (Wildman–Crippen LogP) is 2.87. The van der Waals surface area contributed by atoms with Gasteiger partial charge in [-0.25, -0.2) is 4.79 Å². The van der Waals surface area contributed by atoms with Crippen LogP contribution in [0.25, 0.3) is 0 Å². The summed E-state index contributed by atoms with van der Waals surface area (Å²) >= 11 is 0. The van der Waals surface area contributed by atoms with Gasteiger partial charge in [0, 0.05) is 18.3 Å². The van der Waals surface area contributed by atoms with E-state index >= 15 is 0 Å². The van der Waals surface area contributed by atoms with E-state index in [1.165, 1.54) is 4.90 Å². The molecule has 92 valence electrons. The Labute approximate surface area is 101 Å². The number of nitrogens with zero attached hydrogens (tertiary/aromatic N) is 1. The van der Waals surface area contributed by atoms with Crippen LogP contribution in [-0.4, -0.2) is 25.0 Å². The third kappa shape index (κ3) is 3.90. The highest BCUT2D eigenvalue weighted by molar-refractivity contribution is 5.88. The van der Waals surface area contributed by atoms with Gasteiger partial charge < -0.3 is 4.74 Å². The van der Waals surface area contributed by atoms with Crippen molar-refractivity contribution >= 4 is 18.1 Å². The third-order valence-corrected chi connectivity index (χ3v) is 2.08. The molecule has 0 saturated heterocycles. The molecule has 1 aromatic carbocycles. The van der Waals surface area contributed by atoms with Crippen molar-refractivity contribution in [2.24, 2.45) is 0 Å². The second-order valence-electron chi connectivity index (χ2n) is 4.75. The summed E-state index contributed by atoms with van der Waals surface area (Å²) in [5.74, 6) is 0. The first-order valence-electron chi connectivity index (χ1n) is 5.35. The van der Waals surface area contributed by atoms with Crippen LogP contribution in [0.4, 0.5) is 10.5 Å². The first-order valence-corrected chi connectivity index (χ1v) is 5.35. The number of aldehydes is 1. The van der Waals surface area contributed by atoms with Gasteiger partial charge in [-0.3, -0.25) is 9.69 Å². The molecule has 0 aliphatic rings. The maximum atomic E-state index is 11.7. The lowest BCUT2D eigenvalue weighted by Crippen LogP contribution is -2.34. The first kappa shape index (κ1) is 13.2. The number of amides is 1. The van der Waals surface area contributed by atoms with Gasteiger partial charge in [-0.15, -0.1) is 0 Å². The predicted molar refractivity (Wildman–Crippen MR) is 66.5 cm³/mol. The highest BCUT2D eigenvalue weighted by Crippen LogP contribution is 2.16. The SMILES string of the molecule is CN(C(=O)OC(C)(C)C)c1ccc(C=O)cc1. The van der Waals surface area contributed by atoms with Gasteiger partial charge in [-0.1, -0.05) is 0 Å². The van der Waals surface area contributed by atoms with Crippen LogP contribution in [0.1, 0.15) is 31.1 Å². The zero-order chi connectivity index (χ0) is 13.1. The number of carbonyl (C=O) groups is 2. The average molecular weight is 235 g/mol. The van der Waals surface area contributed by atoms with Crippen molar-refractivity contribution in [2.75, 3.05) is 11.9 Å². The molecule has 1 aromatic rings. The lowest BCUT2D eigenvalue weighted by molar-refractivity contribution is 0.0589. The van der Waals surface area contributed by atoms with E-state index in [0.29, 0.717) is 11.3 Å². The summed E-state index contributed by atoms with van der Waals surface area (Å²) < 4.78 is 5.23. The number of rotatable bonds is 2. The largest absolute Gasteiger partial charge is 0.443 e. The van der Waals surface area contributed by atoms with E-state index in [1.807, 2.05) is 20.8 Å². The Kier molecular flexibility index (Phi) is 3.89. The van der Waals surface area contributed by atoms with Gasteiger partial charge >= 0.3 is 6.09 Å². The van der Waals surface area contributed by atoms with Crippen molar-refractivity contribution in [1.29, 1.82) is 0 Å². The van der Waals surface area contributed by atoms with Crippen molar-refractivity contribution in [3.05, 3.63) is 29.8 Å². The van der Waals surface area contributed by atoms with Gasteiger partial charge in [0.15, 0.2) is 0 Å². The van der Waals surface area contributed by atoms with Crippen LogP contribution in [0, 0.1) is 0 Å². The summed E-state index contributed by atoms with van der Waals surface area (Å²) in [7, 11) is 1.63. The Morgan fingerprint density at radius 2 is 1.76 bits per heavy atom. The molecule has 0 atom stereocenters. The highest BCUT2D eigenvalue weighted by Gasteiger charge is 2.20. The Balaban J connectivity index is 2.78. The minimum Gasteiger partial charge on any atom is -0.443 e. The van der Waals surface area contributed by atoms with Crippen molar-refractivity contribution in [3.63, 3.8) is 0 Å². The molecule has 0 aliphatic heterocycles. The Hall–Kier alpha value is -1.84. The zero-order valence-electron chi connectivity index (χ0n) is 10.6. The number of carbonyl (C=O) groups excluding carboxylic acids is 2. The highest BCUT2D eigenvalue weighted by atomic mass is 16.6. The molecule has 1 rings (SSSR count). The molecular weight excluding hydrogens is 218 g/mol. The van der Waals surface area contributed by atoms with Crippen molar-refractivity contribution < 1.29 is 14.3 Å². The minimum absolute atomic E-state index is 0.420. The summed E-state index contributed by atoms with van der Waals surface area (Å²) in [6.07, 6.45) is 0.341. The van der Waals surface area contributed by atoms with E-state index in [0.717, 1.165) is 6.29 Å². The molecule has 4 nitrogen and oxygen atoms in total. The van der Waals surface area contributed by atoms with Gasteiger partial charge in [0.2, 0.25) is 0 Å². The molecule has 0 fully saturated rings. The lowest BCUT2D eigenvalue weighted by Gasteiger charge is -2.24. The molecule has 0 saturated carbocycles. The van der Waals surface area contributed by atoms with Crippen LogP contribution >= 0.6 is 0 Å². The van der Waals surface area contributed by atoms with E-state index in [1.54, 1.807) is 31.3 Å². The van der Waals surface area contributed by atoms with Crippen LogP contribution in [0.15, 0.2) is 24.3 Å². The maximum Gasteiger partial charge on any atom is 0.414 e. The summed E-state index contributed by atoms with van der Waals surface area (Å²) in [5.41, 5.74) is 0.741. The molecule has 0 bridgehead atoms. The molecule has 0 aliphatic carbocycles. The molecule has 0 spiro atoms. The summed E-state index contributed by atoms with van der Waals surface area (Å²) in [6, 6.07) is 6.72. The third-order valence-electron chi connectivity index (χ3n) is 2.08. The Morgan fingerprint density at radius 3 is 2.18 bits per heavy atom. The monoisotopic (exact) mass is 235 g/mol. The smallest absolute Gasteiger partial charge is 0.414 e. The molecule has 1 amide bonds. The normalized spacial score (nSPS) is 10.8. The number of anilines is 1. The quantitative estimate of drug-likeness (QED) is 0.740. The van der Waals surface area contributed by atoms with Crippen molar-refractivity contribution in [1.82, 2.24) is 0 Å². The topological polar surface area (TPSA) is 46.6 Å². The molecule has 4 heteroatoms. The summed E-state index contributed by atoms with van der Waals surface area (Å²) in [5, 5.41) is 0. The first-order chi connectivity index (χ1) is 7.83. The van der Waals surface area contributed by atoms with Crippen LogP contribution in [0.5, 0.6) is 0 Å². The molecule has 0 N–H and O–H groups in total. The molecule has 0 heterocycles. The van der Waals surface area contributed by atoms with Gasteiger partial charge in [-0.2, -0.15) is 0 Å². The molecule has 17 heavy (non-hydrogen) atoms. The van der Waals surface area contributed by atoms with E-state index in [4.69, 9.17) is 4.74 Å². The second kappa shape index (κ2) is 4.99. The fourth-order valence-electron chi connectivity index (χ4n) is 1.21. The molecule has 0 unspecified atom stereocenters. The van der Waals surface area contributed by atoms with Gasteiger partial charge in [-0.05, 0) is 45.0 Å². The Bertz CT molecular complexity index is 404. The van der Waals surface area contributed by atoms with Gasteiger partial charge in [0.05, 0.1) is 0 Å². The molecule has 0 radical (unpaired) electrons. The van der Waals surface area contributed by atoms with Crippen LogP contribution in [0.3, 0.4) is 0 Å². The van der Waals surface area contributed by atoms with E-state index in [9.17, 15) is 9.59 Å². The number of hydrogen-bond acceptors (Lipinski definition) is 3. The van der Waals surface area contributed by atoms with Gasteiger partial charge in [0.25, 0.3) is 0 Å². The van der Waals surface area contributed by atoms with Crippen LogP contribution in [-0.2, 0) is 4.74 Å². The van der Waals surface area contributed by atoms with Crippen LogP contribution < -0.4 is 4.90 Å². The molecular formula is C13H17NO3. The fraction of sp³-hybridized carbons (Fsp3) is 0.385. The van der Waals surface area contributed by atoms with E-state index < -0.39 is 11.7 Å². The van der Waals surface area contributed by atoms with Crippen molar-refractivity contribution in [2.45, 2.75) is 26.4 Å². The van der Waals surface area contributed by atoms with Crippen molar-refractivity contribution in [3.8, 4) is 0 Å². The summed E-state index contributed by atoms with van der Waals surface area (Å²) in [6.45, 7) is 5.44. The number of ether oxygens (including phenoxy) is 1. The average Bonchev–Trinajstić information content (AvgIpc) is 2.26. The minimum atomic E-state index is -0.520. The van der Waals surface area contributed by atoms with Crippen LogP contribution in [0.2, 0.25) is 0 Å². The number of hydrogen-bond donors (Lipinski definition) is 0. The van der Waals surface area contributed by atoms with Gasteiger partial charge in [0.1, 0.15) is 11.9 Å². The van der Waals surface area contributed by atoms with E-state index in [-0.39, 0.29) is 0 Å². The molecule has 0 aromatic heterocycles. The lowest BCUT2D eigenvalue weighted by atomic mass is 10.2. The second-order valence-corrected chi connectivity index (χ2v) is 4.75. The number of benzene rings is 1. The zero-order valence-corrected chi connectivity index (χ0v) is 10.6. The standard InChI is InChI=1S/C13H17NO3/c1-13(2,3)17-12(16)14(4)11-7-5-10(9-15)6-8-11/h5-9H,1-4H3. The summed E-state index contributed by atoms with van der Waals surface area (Å²) in [4.78, 5) is 23.7. The Morgan fingerprint density at radius 1 is 1.24 bits per heavy atom.